The van der Waals surface area contributed by atoms with E-state index in [2.05, 4.69) is 0 Å². The zero-order valence-corrected chi connectivity index (χ0v) is 17.4. The zero-order chi connectivity index (χ0) is 23.6. The summed E-state index contributed by atoms with van der Waals surface area (Å²) in [5.41, 5.74) is -0.323. The van der Waals surface area contributed by atoms with Crippen molar-refractivity contribution in [1.29, 1.82) is 0 Å². The van der Waals surface area contributed by atoms with Gasteiger partial charge >= 0.3 is 12.1 Å². The van der Waals surface area contributed by atoms with Crippen LogP contribution in [0.3, 0.4) is 0 Å². The van der Waals surface area contributed by atoms with Crippen molar-refractivity contribution in [2.24, 2.45) is 0 Å². The molecule has 2 aromatic carbocycles. The largest absolute Gasteiger partial charge is 0.493 e. The van der Waals surface area contributed by atoms with Crippen LogP contribution in [0.4, 0.5) is 13.2 Å². The van der Waals surface area contributed by atoms with Gasteiger partial charge in [-0.2, -0.15) is 13.2 Å². The number of fused-ring (bicyclic) bond motifs is 1. The first-order valence-corrected chi connectivity index (χ1v) is 9.41. The lowest BCUT2D eigenvalue weighted by Gasteiger charge is -2.19. The molecule has 32 heavy (non-hydrogen) atoms. The molecule has 0 radical (unpaired) electrons. The van der Waals surface area contributed by atoms with Crippen molar-refractivity contribution in [3.8, 4) is 28.6 Å². The fourth-order valence-corrected chi connectivity index (χ4v) is 2.99. The third-order valence-electron chi connectivity index (χ3n) is 4.28. The average Bonchev–Trinajstić information content (AvgIpc) is 2.72. The Kier molecular flexibility index (Phi) is 6.54. The molecule has 1 atom stereocenters. The van der Waals surface area contributed by atoms with E-state index in [1.54, 1.807) is 6.07 Å². The highest BCUT2D eigenvalue weighted by Crippen LogP contribution is 2.42. The minimum absolute atomic E-state index is 0.0493. The smallest absolute Gasteiger partial charge is 0.422 e. The van der Waals surface area contributed by atoms with E-state index in [0.29, 0.717) is 0 Å². The maximum atomic E-state index is 12.6. The first-order valence-electron chi connectivity index (χ1n) is 9.04. The molecule has 0 aliphatic rings. The van der Waals surface area contributed by atoms with Crippen molar-refractivity contribution in [3.63, 3.8) is 0 Å². The molecule has 1 aromatic heterocycles. The predicted molar refractivity (Wildman–Crippen MR) is 109 cm³/mol. The number of rotatable bonds is 7. The van der Waals surface area contributed by atoms with Gasteiger partial charge in [0.25, 0.3) is 0 Å². The van der Waals surface area contributed by atoms with Gasteiger partial charge in [0.2, 0.25) is 0 Å². The number of hydrogen-bond acceptors (Lipinski definition) is 6. The third kappa shape index (κ3) is 5.08. The number of halogens is 4. The molecule has 0 saturated carbocycles. The number of ether oxygens (including phenoxy) is 3. The predicted octanol–water partition coefficient (Wildman–Crippen LogP) is 4.92. The maximum Gasteiger partial charge on any atom is 0.422 e. The topological polar surface area (TPSA) is 95.2 Å². The molecular weight excluding hydrogens is 457 g/mol. The van der Waals surface area contributed by atoms with Gasteiger partial charge in [-0.05, 0) is 25.1 Å². The standard InChI is InChI=1S/C21H16ClF3O7/c1-10(20(27)28)31-16-8-18(30-9-21(23,24)25)17(29-2)6-12(16)15-7-14(26)11-4-3-5-13(22)19(11)32-15/h3-8,10H,9H2,1-2H3,(H,27,28). The normalized spacial score (nSPS) is 12.4. The summed E-state index contributed by atoms with van der Waals surface area (Å²) in [4.78, 5) is 23.8. The van der Waals surface area contributed by atoms with Crippen molar-refractivity contribution >= 4 is 28.5 Å². The molecule has 0 amide bonds. The van der Waals surface area contributed by atoms with E-state index in [9.17, 15) is 27.9 Å². The molecule has 3 aromatic rings. The van der Waals surface area contributed by atoms with Crippen molar-refractivity contribution in [1.82, 2.24) is 0 Å². The second kappa shape index (κ2) is 8.99. The summed E-state index contributed by atoms with van der Waals surface area (Å²) < 4.78 is 59.0. The molecule has 0 aliphatic heterocycles. The second-order valence-corrected chi connectivity index (χ2v) is 7.00. The zero-order valence-electron chi connectivity index (χ0n) is 16.7. The Morgan fingerprint density at radius 2 is 1.91 bits per heavy atom. The minimum Gasteiger partial charge on any atom is -0.493 e. The lowest BCUT2D eigenvalue weighted by atomic mass is 10.1. The Hall–Kier alpha value is -3.40. The van der Waals surface area contributed by atoms with E-state index in [1.165, 1.54) is 32.2 Å². The Bertz CT molecular complexity index is 1220. The van der Waals surface area contributed by atoms with Crippen molar-refractivity contribution in [2.45, 2.75) is 19.2 Å². The molecule has 170 valence electrons. The van der Waals surface area contributed by atoms with E-state index < -0.39 is 30.3 Å². The van der Waals surface area contributed by atoms with Gasteiger partial charge < -0.3 is 23.7 Å². The van der Waals surface area contributed by atoms with E-state index in [0.717, 1.165) is 12.1 Å². The number of alkyl halides is 3. The quantitative estimate of drug-likeness (QED) is 0.521. The highest BCUT2D eigenvalue weighted by atomic mass is 35.5. The lowest BCUT2D eigenvalue weighted by Crippen LogP contribution is -2.23. The fraction of sp³-hybridized carbons (Fsp3) is 0.238. The van der Waals surface area contributed by atoms with Crippen LogP contribution in [0.2, 0.25) is 5.02 Å². The van der Waals surface area contributed by atoms with Crippen LogP contribution in [0.25, 0.3) is 22.3 Å². The van der Waals surface area contributed by atoms with Gasteiger partial charge in [0.15, 0.2) is 35.2 Å². The van der Waals surface area contributed by atoms with Crippen LogP contribution in [-0.4, -0.2) is 37.1 Å². The van der Waals surface area contributed by atoms with Gasteiger partial charge in [0.1, 0.15) is 11.5 Å². The summed E-state index contributed by atoms with van der Waals surface area (Å²) in [5.74, 6) is -2.06. The third-order valence-corrected chi connectivity index (χ3v) is 4.58. The molecule has 0 spiro atoms. The Balaban J connectivity index is 2.21. The molecule has 0 bridgehead atoms. The van der Waals surface area contributed by atoms with Crippen LogP contribution < -0.4 is 19.6 Å². The molecule has 1 N–H and O–H groups in total. The van der Waals surface area contributed by atoms with E-state index in [4.69, 9.17) is 30.2 Å². The van der Waals surface area contributed by atoms with Gasteiger partial charge in [0, 0.05) is 12.1 Å². The summed E-state index contributed by atoms with van der Waals surface area (Å²) in [7, 11) is 1.20. The first kappa shape index (κ1) is 23.3. The number of benzene rings is 2. The summed E-state index contributed by atoms with van der Waals surface area (Å²) in [6, 6.07) is 7.97. The van der Waals surface area contributed by atoms with Crippen LogP contribution in [0.1, 0.15) is 6.92 Å². The van der Waals surface area contributed by atoms with Gasteiger partial charge in [-0.1, -0.05) is 17.7 Å². The Morgan fingerprint density at radius 1 is 1.19 bits per heavy atom. The highest BCUT2D eigenvalue weighted by Gasteiger charge is 2.30. The monoisotopic (exact) mass is 472 g/mol. The molecule has 0 fully saturated rings. The number of aliphatic carboxylic acids is 1. The molecule has 1 unspecified atom stereocenters. The number of carbonyl (C=O) groups is 1. The number of hydrogen-bond donors (Lipinski definition) is 1. The summed E-state index contributed by atoms with van der Waals surface area (Å²) in [6.07, 6.45) is -6.01. The van der Waals surface area contributed by atoms with E-state index in [1.807, 2.05) is 0 Å². The molecule has 7 nitrogen and oxygen atoms in total. The molecule has 0 aliphatic carbocycles. The van der Waals surface area contributed by atoms with Crippen molar-refractivity contribution in [3.05, 3.63) is 51.6 Å². The molecule has 0 saturated heterocycles. The number of para-hydroxylation sites is 1. The molecule has 3 rings (SSSR count). The van der Waals surface area contributed by atoms with Crippen LogP contribution in [0.5, 0.6) is 17.2 Å². The van der Waals surface area contributed by atoms with Crippen molar-refractivity contribution in [2.75, 3.05) is 13.7 Å². The average molecular weight is 473 g/mol. The lowest BCUT2D eigenvalue weighted by molar-refractivity contribution is -0.153. The number of methoxy groups -OCH3 is 1. The minimum atomic E-state index is -4.62. The van der Waals surface area contributed by atoms with Crippen molar-refractivity contribution < 1.29 is 41.7 Å². The molecular formula is C21H16ClF3O7. The fourth-order valence-electron chi connectivity index (χ4n) is 2.78. The summed E-state index contributed by atoms with van der Waals surface area (Å²) in [6.45, 7) is -0.392. The maximum absolute atomic E-state index is 12.6. The van der Waals surface area contributed by atoms with Gasteiger partial charge in [0.05, 0.1) is 23.1 Å². The summed E-state index contributed by atoms with van der Waals surface area (Å²) in [5, 5.41) is 9.55. The first-order chi connectivity index (χ1) is 15.0. The van der Waals surface area contributed by atoms with E-state index >= 15 is 0 Å². The number of carboxylic acids is 1. The Labute approximate surface area is 183 Å². The SMILES string of the molecule is COc1cc(-c2cc(=O)c3cccc(Cl)c3o2)c(OC(C)C(=O)O)cc1OCC(F)(F)F. The summed E-state index contributed by atoms with van der Waals surface area (Å²) >= 11 is 6.13. The number of carboxylic acid groups (broad SMARTS) is 1. The van der Waals surface area contributed by atoms with Crippen LogP contribution in [-0.2, 0) is 4.79 Å². The molecule has 1 heterocycles. The van der Waals surface area contributed by atoms with Crippen LogP contribution in [0.15, 0.2) is 45.6 Å². The van der Waals surface area contributed by atoms with E-state index in [-0.39, 0.29) is 44.6 Å². The highest BCUT2D eigenvalue weighted by molar-refractivity contribution is 6.34. The second-order valence-electron chi connectivity index (χ2n) is 6.59. The van der Waals surface area contributed by atoms with Gasteiger partial charge in [-0.25, -0.2) is 4.79 Å². The van der Waals surface area contributed by atoms with Crippen LogP contribution in [0, 0.1) is 0 Å². The van der Waals surface area contributed by atoms with Gasteiger partial charge in [-0.3, -0.25) is 4.79 Å². The Morgan fingerprint density at radius 3 is 2.53 bits per heavy atom. The van der Waals surface area contributed by atoms with Gasteiger partial charge in [-0.15, -0.1) is 0 Å². The van der Waals surface area contributed by atoms with Crippen LogP contribution >= 0.6 is 11.6 Å². The molecule has 11 heteroatoms.